The third kappa shape index (κ3) is 3.12. The molecule has 0 fully saturated rings. The second-order valence-corrected chi connectivity index (χ2v) is 4.93. The average Bonchev–Trinajstić information content (AvgIpc) is 2.87. The minimum atomic E-state index is -4.54. The maximum absolute atomic E-state index is 12.4. The molecule has 2 atom stereocenters. The highest BCUT2D eigenvalue weighted by Gasteiger charge is 2.36. The Balaban J connectivity index is 2.20. The van der Waals surface area contributed by atoms with E-state index in [9.17, 15) is 23.4 Å². The molecule has 0 saturated carbocycles. The fourth-order valence-electron chi connectivity index (χ4n) is 1.54. The van der Waals surface area contributed by atoms with E-state index in [2.05, 4.69) is 4.98 Å². The maximum Gasteiger partial charge on any atom is 0.443 e. The topological polar surface area (TPSA) is 53.4 Å². The maximum atomic E-state index is 12.4. The first-order valence-electron chi connectivity index (χ1n) is 5.33. The van der Waals surface area contributed by atoms with E-state index in [1.165, 1.54) is 0 Å². The van der Waals surface area contributed by atoms with Crippen LogP contribution in [0.3, 0.4) is 0 Å². The van der Waals surface area contributed by atoms with Crippen molar-refractivity contribution >= 4 is 11.3 Å². The van der Waals surface area contributed by atoms with Gasteiger partial charge in [0.05, 0.1) is 4.88 Å². The van der Waals surface area contributed by atoms with E-state index in [0.29, 0.717) is 16.9 Å². The largest absolute Gasteiger partial charge is 0.443 e. The first kappa shape index (κ1) is 14.0. The number of hydrogen-bond donors (Lipinski definition) is 2. The molecular formula is C12H10F3NO2S. The van der Waals surface area contributed by atoms with Crippen molar-refractivity contribution in [3.05, 3.63) is 52.0 Å². The summed E-state index contributed by atoms with van der Waals surface area (Å²) in [6.45, 7) is 0. The van der Waals surface area contributed by atoms with Crippen LogP contribution in [-0.4, -0.2) is 15.2 Å². The van der Waals surface area contributed by atoms with Crippen LogP contribution in [0.5, 0.6) is 0 Å². The molecule has 3 nitrogen and oxygen atoms in total. The average molecular weight is 289 g/mol. The summed E-state index contributed by atoms with van der Waals surface area (Å²) < 4.78 is 37.2. The molecule has 19 heavy (non-hydrogen) atoms. The summed E-state index contributed by atoms with van der Waals surface area (Å²) in [5.41, 5.74) is 0.428. The van der Waals surface area contributed by atoms with Crippen molar-refractivity contribution < 1.29 is 23.4 Å². The Hall–Kier alpha value is -1.44. The number of halogens is 3. The number of thiazole rings is 1. The van der Waals surface area contributed by atoms with E-state index in [4.69, 9.17) is 0 Å². The molecule has 1 aromatic carbocycles. The zero-order valence-electron chi connectivity index (χ0n) is 9.50. The van der Waals surface area contributed by atoms with Gasteiger partial charge in [0.1, 0.15) is 12.2 Å². The van der Waals surface area contributed by atoms with Crippen molar-refractivity contribution in [2.45, 2.75) is 18.4 Å². The van der Waals surface area contributed by atoms with Gasteiger partial charge >= 0.3 is 6.18 Å². The van der Waals surface area contributed by atoms with Gasteiger partial charge < -0.3 is 10.2 Å². The molecule has 0 aliphatic rings. The summed E-state index contributed by atoms with van der Waals surface area (Å²) in [5, 5.41) is 18.7. The van der Waals surface area contributed by atoms with Crippen molar-refractivity contribution in [2.75, 3.05) is 0 Å². The van der Waals surface area contributed by atoms with Gasteiger partial charge in [0.25, 0.3) is 0 Å². The van der Waals surface area contributed by atoms with E-state index in [1.54, 1.807) is 30.3 Å². The lowest BCUT2D eigenvalue weighted by Crippen LogP contribution is -2.08. The zero-order valence-corrected chi connectivity index (χ0v) is 10.3. The van der Waals surface area contributed by atoms with Crippen LogP contribution < -0.4 is 0 Å². The highest BCUT2D eigenvalue weighted by Crippen LogP contribution is 2.37. The monoisotopic (exact) mass is 289 g/mol. The normalized spacial score (nSPS) is 15.2. The van der Waals surface area contributed by atoms with Gasteiger partial charge in [0.15, 0.2) is 5.01 Å². The van der Waals surface area contributed by atoms with Gasteiger partial charge in [0.2, 0.25) is 0 Å². The third-order valence-electron chi connectivity index (χ3n) is 2.50. The highest BCUT2D eigenvalue weighted by molar-refractivity contribution is 7.11. The molecule has 0 bridgehead atoms. The summed E-state index contributed by atoms with van der Waals surface area (Å²) in [5.74, 6) is 0. The number of rotatable bonds is 3. The van der Waals surface area contributed by atoms with Crippen LogP contribution >= 0.6 is 11.3 Å². The van der Waals surface area contributed by atoms with Crippen molar-refractivity contribution in [1.82, 2.24) is 4.98 Å². The predicted octanol–water partition coefficient (Wildman–Crippen LogP) is 2.93. The summed E-state index contributed by atoms with van der Waals surface area (Å²) in [6, 6.07) is 8.23. The van der Waals surface area contributed by atoms with E-state index in [-0.39, 0.29) is 4.88 Å². The van der Waals surface area contributed by atoms with Crippen molar-refractivity contribution in [3.8, 4) is 0 Å². The first-order valence-corrected chi connectivity index (χ1v) is 6.15. The lowest BCUT2D eigenvalue weighted by molar-refractivity contribution is -0.137. The number of aliphatic hydroxyl groups excluding tert-OH is 2. The quantitative estimate of drug-likeness (QED) is 0.913. The van der Waals surface area contributed by atoms with Crippen molar-refractivity contribution in [3.63, 3.8) is 0 Å². The van der Waals surface area contributed by atoms with Crippen molar-refractivity contribution in [2.24, 2.45) is 0 Å². The molecule has 0 radical (unpaired) electrons. The Labute approximate surface area is 111 Å². The molecule has 7 heteroatoms. The zero-order chi connectivity index (χ0) is 14.0. The van der Waals surface area contributed by atoms with Crippen LogP contribution in [-0.2, 0) is 6.18 Å². The molecule has 102 valence electrons. The minimum absolute atomic E-state index is 0.0244. The van der Waals surface area contributed by atoms with Crippen LogP contribution in [0.15, 0.2) is 36.5 Å². The molecule has 2 unspecified atom stereocenters. The molecule has 2 aromatic rings. The van der Waals surface area contributed by atoms with Crippen LogP contribution in [0.1, 0.15) is 27.7 Å². The molecule has 2 N–H and O–H groups in total. The van der Waals surface area contributed by atoms with E-state index in [0.717, 1.165) is 6.20 Å². The second-order valence-electron chi connectivity index (χ2n) is 3.87. The van der Waals surface area contributed by atoms with Gasteiger partial charge in [-0.2, -0.15) is 13.2 Å². The molecule has 1 heterocycles. The second kappa shape index (κ2) is 5.28. The number of alkyl halides is 3. The fraction of sp³-hybridized carbons (Fsp3) is 0.250. The molecular weight excluding hydrogens is 279 g/mol. The Morgan fingerprint density at radius 2 is 1.68 bits per heavy atom. The summed E-state index contributed by atoms with van der Waals surface area (Å²) in [4.78, 5) is 3.18. The first-order chi connectivity index (χ1) is 8.89. The van der Waals surface area contributed by atoms with Gasteiger partial charge in [-0.05, 0) is 5.56 Å². The number of aromatic nitrogens is 1. The summed E-state index contributed by atoms with van der Waals surface area (Å²) >= 11 is 0.325. The standard InChI is InChI=1S/C12H10F3NO2S/c13-12(14,15)11-16-6-8(19-11)10(18)9(17)7-4-2-1-3-5-7/h1-6,9-10,17-18H. The Bertz CT molecular complexity index is 541. The Kier molecular flexibility index (Phi) is 3.88. The van der Waals surface area contributed by atoms with E-state index in [1.807, 2.05) is 0 Å². The molecule has 2 rings (SSSR count). The summed E-state index contributed by atoms with van der Waals surface area (Å²) in [7, 11) is 0. The molecule has 0 aliphatic heterocycles. The van der Waals surface area contributed by atoms with Gasteiger partial charge in [-0.15, -0.1) is 11.3 Å². The molecule has 0 saturated heterocycles. The van der Waals surface area contributed by atoms with Gasteiger partial charge in [-0.25, -0.2) is 4.98 Å². The molecule has 0 spiro atoms. The van der Waals surface area contributed by atoms with Gasteiger partial charge in [-0.1, -0.05) is 30.3 Å². The summed E-state index contributed by atoms with van der Waals surface area (Å²) in [6.07, 6.45) is -6.33. The SMILES string of the molecule is OC(c1ccccc1)C(O)c1cnc(C(F)(F)F)s1. The van der Waals surface area contributed by atoms with Gasteiger partial charge in [-0.3, -0.25) is 0 Å². The number of hydrogen-bond acceptors (Lipinski definition) is 4. The fourth-order valence-corrected chi connectivity index (χ4v) is 2.34. The number of nitrogens with zero attached hydrogens (tertiary/aromatic N) is 1. The smallest absolute Gasteiger partial charge is 0.385 e. The van der Waals surface area contributed by atoms with Crippen LogP contribution in [0.2, 0.25) is 0 Å². The molecule has 1 aromatic heterocycles. The van der Waals surface area contributed by atoms with Crippen LogP contribution in [0.4, 0.5) is 13.2 Å². The molecule has 0 aliphatic carbocycles. The van der Waals surface area contributed by atoms with Gasteiger partial charge in [0, 0.05) is 6.20 Å². The van der Waals surface area contributed by atoms with Crippen LogP contribution in [0, 0.1) is 0 Å². The predicted molar refractivity (Wildman–Crippen MR) is 63.5 cm³/mol. The number of benzene rings is 1. The van der Waals surface area contributed by atoms with Crippen LogP contribution in [0.25, 0.3) is 0 Å². The van der Waals surface area contributed by atoms with E-state index >= 15 is 0 Å². The Morgan fingerprint density at radius 3 is 2.21 bits per heavy atom. The minimum Gasteiger partial charge on any atom is -0.385 e. The number of aliphatic hydroxyl groups is 2. The lowest BCUT2D eigenvalue weighted by Gasteiger charge is -2.16. The van der Waals surface area contributed by atoms with Crippen molar-refractivity contribution in [1.29, 1.82) is 0 Å². The third-order valence-corrected chi connectivity index (χ3v) is 3.61. The van der Waals surface area contributed by atoms with E-state index < -0.39 is 23.4 Å². The highest BCUT2D eigenvalue weighted by atomic mass is 32.1. The molecule has 0 amide bonds. The Morgan fingerprint density at radius 1 is 1.05 bits per heavy atom. The lowest BCUT2D eigenvalue weighted by atomic mass is 10.0.